The van der Waals surface area contributed by atoms with Crippen LogP contribution in [0.3, 0.4) is 0 Å². The van der Waals surface area contributed by atoms with Gasteiger partial charge in [-0.15, -0.1) is 0 Å². The Kier molecular flexibility index (Phi) is 6.12. The normalized spacial score (nSPS) is 10.7. The van der Waals surface area contributed by atoms with E-state index in [9.17, 15) is 4.79 Å². The summed E-state index contributed by atoms with van der Waals surface area (Å²) in [5, 5.41) is 4.56. The molecule has 0 aliphatic rings. The number of hydrogen-bond donors (Lipinski definition) is 1. The molecule has 3 aromatic rings. The Morgan fingerprint density at radius 2 is 2.04 bits per heavy atom. The lowest BCUT2D eigenvalue weighted by Crippen LogP contribution is -2.16. The van der Waals surface area contributed by atoms with E-state index in [0.29, 0.717) is 23.1 Å². The van der Waals surface area contributed by atoms with Gasteiger partial charge in [0, 0.05) is 10.6 Å². The number of methoxy groups -OCH3 is 1. The molecule has 3 rings (SSSR count). The molecule has 1 N–H and O–H groups in total. The summed E-state index contributed by atoms with van der Waals surface area (Å²) in [5.41, 5.74) is 4.00. The second-order valence-corrected chi connectivity index (χ2v) is 5.87. The first kappa shape index (κ1) is 18.5. The number of amides is 1. The zero-order chi connectivity index (χ0) is 19.1. The Morgan fingerprint density at radius 3 is 2.78 bits per heavy atom. The van der Waals surface area contributed by atoms with Crippen molar-refractivity contribution in [1.82, 2.24) is 5.43 Å². The maximum atomic E-state index is 11.7. The second kappa shape index (κ2) is 8.91. The first-order valence-corrected chi connectivity index (χ1v) is 8.46. The van der Waals surface area contributed by atoms with E-state index in [0.717, 1.165) is 11.1 Å². The third-order valence-corrected chi connectivity index (χ3v) is 4.02. The molecule has 1 heterocycles. The van der Waals surface area contributed by atoms with Gasteiger partial charge in [0.2, 0.25) is 0 Å². The van der Waals surface area contributed by atoms with Gasteiger partial charge in [0.05, 0.1) is 19.6 Å². The van der Waals surface area contributed by atoms with Crippen molar-refractivity contribution < 1.29 is 18.7 Å². The molecular weight excluding hydrogens is 368 g/mol. The Balaban J connectivity index is 1.64. The zero-order valence-electron chi connectivity index (χ0n) is 14.5. The number of hydrogen-bond acceptors (Lipinski definition) is 5. The van der Waals surface area contributed by atoms with E-state index >= 15 is 0 Å². The van der Waals surface area contributed by atoms with Crippen molar-refractivity contribution in [3.63, 3.8) is 0 Å². The van der Waals surface area contributed by atoms with Crippen LogP contribution in [0.4, 0.5) is 0 Å². The molecule has 0 saturated heterocycles. The van der Waals surface area contributed by atoms with E-state index in [4.69, 9.17) is 25.5 Å². The number of nitrogens with zero attached hydrogens (tertiary/aromatic N) is 1. The van der Waals surface area contributed by atoms with Gasteiger partial charge in [-0.3, -0.25) is 4.79 Å². The highest BCUT2D eigenvalue weighted by molar-refractivity contribution is 6.31. The van der Waals surface area contributed by atoms with Crippen molar-refractivity contribution in [2.45, 2.75) is 6.61 Å². The molecule has 6 nitrogen and oxygen atoms in total. The minimum absolute atomic E-state index is 0.188. The number of ether oxygens (including phenoxy) is 2. The predicted octanol–water partition coefficient (Wildman–Crippen LogP) is 4.28. The highest BCUT2D eigenvalue weighted by atomic mass is 35.5. The van der Waals surface area contributed by atoms with Gasteiger partial charge in [-0.2, -0.15) is 5.10 Å². The van der Waals surface area contributed by atoms with E-state index in [-0.39, 0.29) is 5.76 Å². The Hall–Kier alpha value is -3.25. The maximum Gasteiger partial charge on any atom is 0.307 e. The largest absolute Gasteiger partial charge is 0.493 e. The lowest BCUT2D eigenvalue weighted by atomic mass is 10.2. The number of carbonyl (C=O) groups excluding carboxylic acids is 1. The number of nitrogens with one attached hydrogen (secondary N) is 1. The van der Waals surface area contributed by atoms with Crippen molar-refractivity contribution in [2.75, 3.05) is 7.11 Å². The van der Waals surface area contributed by atoms with Crippen LogP contribution in [0.25, 0.3) is 0 Å². The highest BCUT2D eigenvalue weighted by Gasteiger charge is 2.08. The van der Waals surface area contributed by atoms with Crippen LogP contribution < -0.4 is 14.9 Å². The van der Waals surface area contributed by atoms with Crippen LogP contribution in [-0.2, 0) is 6.61 Å². The van der Waals surface area contributed by atoms with Crippen molar-refractivity contribution in [1.29, 1.82) is 0 Å². The smallest absolute Gasteiger partial charge is 0.307 e. The number of halogens is 1. The molecule has 7 heteroatoms. The second-order valence-electron chi connectivity index (χ2n) is 5.47. The van der Waals surface area contributed by atoms with E-state index < -0.39 is 5.91 Å². The standard InChI is InChI=1S/C20H17ClN2O4/c1-25-19-11-14(12-22-23-20(24)18-7-4-10-26-18)8-9-17(19)27-13-15-5-2-3-6-16(15)21/h2-12H,13H2,1H3,(H,23,24)/b22-12-. The number of rotatable bonds is 7. The zero-order valence-corrected chi connectivity index (χ0v) is 15.3. The van der Waals surface area contributed by atoms with Gasteiger partial charge < -0.3 is 13.9 Å². The quantitative estimate of drug-likeness (QED) is 0.487. The summed E-state index contributed by atoms with van der Waals surface area (Å²) in [4.78, 5) is 11.7. The molecule has 1 amide bonds. The minimum atomic E-state index is -0.428. The summed E-state index contributed by atoms with van der Waals surface area (Å²) >= 11 is 6.14. The van der Waals surface area contributed by atoms with Crippen molar-refractivity contribution in [3.8, 4) is 11.5 Å². The van der Waals surface area contributed by atoms with Gasteiger partial charge in [0.15, 0.2) is 17.3 Å². The van der Waals surface area contributed by atoms with E-state index in [1.165, 1.54) is 12.5 Å². The molecule has 1 aromatic heterocycles. The van der Waals surface area contributed by atoms with Crippen LogP contribution in [0, 0.1) is 0 Å². The topological polar surface area (TPSA) is 73.1 Å². The number of carbonyl (C=O) groups is 1. The Labute approximate surface area is 161 Å². The van der Waals surface area contributed by atoms with E-state index in [2.05, 4.69) is 10.5 Å². The molecule has 27 heavy (non-hydrogen) atoms. The highest BCUT2D eigenvalue weighted by Crippen LogP contribution is 2.29. The van der Waals surface area contributed by atoms with Gasteiger partial charge in [-0.05, 0) is 42.0 Å². The summed E-state index contributed by atoms with van der Waals surface area (Å²) in [7, 11) is 1.55. The molecule has 0 bridgehead atoms. The molecule has 0 saturated carbocycles. The average Bonchev–Trinajstić information content (AvgIpc) is 3.22. The number of hydrazone groups is 1. The third-order valence-electron chi connectivity index (χ3n) is 3.65. The molecule has 0 fully saturated rings. The summed E-state index contributed by atoms with van der Waals surface area (Å²) in [6, 6.07) is 16.0. The van der Waals surface area contributed by atoms with E-state index in [1.807, 2.05) is 24.3 Å². The molecule has 0 aliphatic carbocycles. The molecule has 0 radical (unpaired) electrons. The monoisotopic (exact) mass is 384 g/mol. The predicted molar refractivity (Wildman–Crippen MR) is 103 cm³/mol. The summed E-state index contributed by atoms with van der Waals surface area (Å²) in [6.07, 6.45) is 2.92. The molecule has 0 unspecified atom stereocenters. The SMILES string of the molecule is COc1cc(/C=N\NC(=O)c2ccco2)ccc1OCc1ccccc1Cl. The minimum Gasteiger partial charge on any atom is -0.493 e. The number of furan rings is 1. The number of benzene rings is 2. The molecular formula is C20H17ClN2O4. The van der Waals surface area contributed by atoms with Gasteiger partial charge in [0.1, 0.15) is 6.61 Å². The van der Waals surface area contributed by atoms with Gasteiger partial charge in [0.25, 0.3) is 0 Å². The molecule has 0 atom stereocenters. The fourth-order valence-corrected chi connectivity index (χ4v) is 2.47. The van der Waals surface area contributed by atoms with Gasteiger partial charge in [-0.1, -0.05) is 29.8 Å². The van der Waals surface area contributed by atoms with Crippen LogP contribution >= 0.6 is 11.6 Å². The summed E-state index contributed by atoms with van der Waals surface area (Å²) in [6.45, 7) is 0.322. The first-order valence-electron chi connectivity index (χ1n) is 8.08. The maximum absolute atomic E-state index is 11.7. The van der Waals surface area contributed by atoms with Crippen molar-refractivity contribution >= 4 is 23.7 Å². The van der Waals surface area contributed by atoms with Gasteiger partial charge in [-0.25, -0.2) is 5.43 Å². The Morgan fingerprint density at radius 1 is 1.19 bits per heavy atom. The molecule has 138 valence electrons. The van der Waals surface area contributed by atoms with Gasteiger partial charge >= 0.3 is 5.91 Å². The lowest BCUT2D eigenvalue weighted by molar-refractivity contribution is 0.0927. The first-order chi connectivity index (χ1) is 13.2. The fourth-order valence-electron chi connectivity index (χ4n) is 2.28. The van der Waals surface area contributed by atoms with Crippen molar-refractivity contribution in [3.05, 3.63) is 82.8 Å². The molecule has 0 aliphatic heterocycles. The van der Waals surface area contributed by atoms with E-state index in [1.54, 1.807) is 37.4 Å². The van der Waals surface area contributed by atoms with Crippen LogP contribution in [0.5, 0.6) is 11.5 Å². The van der Waals surface area contributed by atoms with Crippen molar-refractivity contribution in [2.24, 2.45) is 5.10 Å². The van der Waals surface area contributed by atoms with Crippen LogP contribution in [-0.4, -0.2) is 19.2 Å². The summed E-state index contributed by atoms with van der Waals surface area (Å²) < 4.78 is 16.2. The van der Waals surface area contributed by atoms with Crippen LogP contribution in [0.15, 0.2) is 70.4 Å². The molecule has 2 aromatic carbocycles. The van der Waals surface area contributed by atoms with Crippen LogP contribution in [0.1, 0.15) is 21.7 Å². The summed E-state index contributed by atoms with van der Waals surface area (Å²) in [5.74, 6) is 0.883. The third kappa shape index (κ3) is 4.89. The molecule has 0 spiro atoms. The fraction of sp³-hybridized carbons (Fsp3) is 0.100. The van der Waals surface area contributed by atoms with Crippen LogP contribution in [0.2, 0.25) is 5.02 Å². The average molecular weight is 385 g/mol. The Bertz CT molecular complexity index is 939. The lowest BCUT2D eigenvalue weighted by Gasteiger charge is -2.12.